The Labute approximate surface area is 81.5 Å². The molecule has 0 saturated heterocycles. The second-order valence-corrected chi connectivity index (χ2v) is 3.23. The zero-order valence-corrected chi connectivity index (χ0v) is 9.14. The van der Waals surface area contributed by atoms with Gasteiger partial charge in [0.25, 0.3) is 0 Å². The van der Waals surface area contributed by atoms with E-state index in [0.717, 1.165) is 5.56 Å². The van der Waals surface area contributed by atoms with Gasteiger partial charge in [-0.3, -0.25) is 4.21 Å². The molecule has 1 aromatic rings. The number of hydrogen-bond acceptors (Lipinski definition) is 3. The lowest BCUT2D eigenvalue weighted by atomic mass is 10.2. The van der Waals surface area contributed by atoms with Gasteiger partial charge in [-0.15, -0.1) is 0 Å². The fraction of sp³-hybridized carbons (Fsp3) is 0.444. The van der Waals surface area contributed by atoms with Gasteiger partial charge in [0.2, 0.25) is 0 Å². The Hall–Kier alpha value is -0.740. The largest absolute Gasteiger partial charge is 0.767 e. The first-order chi connectivity index (χ1) is 6.11. The lowest BCUT2D eigenvalue weighted by molar-refractivity contribution is 0.532. The van der Waals surface area contributed by atoms with Crippen molar-refractivity contribution in [2.45, 2.75) is 32.7 Å². The van der Waals surface area contributed by atoms with Gasteiger partial charge in [0.1, 0.15) is 5.03 Å². The average molecular weight is 200 g/mol. The molecule has 0 aromatic carbocycles. The van der Waals surface area contributed by atoms with E-state index in [1.807, 2.05) is 20.8 Å². The van der Waals surface area contributed by atoms with Crippen molar-refractivity contribution in [3.63, 3.8) is 0 Å². The van der Waals surface area contributed by atoms with Gasteiger partial charge >= 0.3 is 0 Å². The summed E-state index contributed by atoms with van der Waals surface area (Å²) >= 11 is -2.21. The van der Waals surface area contributed by atoms with Crippen molar-refractivity contribution >= 4 is 11.1 Å². The normalized spacial score (nSPS) is 11.5. The molecular formula is C9H14NO2S-. The highest BCUT2D eigenvalue weighted by Gasteiger charge is 1.98. The van der Waals surface area contributed by atoms with Crippen LogP contribution in [0.5, 0.6) is 0 Å². The van der Waals surface area contributed by atoms with Crippen LogP contribution in [0.1, 0.15) is 25.0 Å². The number of pyridine rings is 1. The van der Waals surface area contributed by atoms with Gasteiger partial charge in [0, 0.05) is 6.20 Å². The fourth-order valence-electron chi connectivity index (χ4n) is 0.877. The quantitative estimate of drug-likeness (QED) is 0.651. The van der Waals surface area contributed by atoms with Gasteiger partial charge < -0.3 is 4.55 Å². The molecule has 1 rings (SSSR count). The monoisotopic (exact) mass is 200 g/mol. The summed E-state index contributed by atoms with van der Waals surface area (Å²) in [5.41, 5.74) is 1.66. The second-order valence-electron chi connectivity index (χ2n) is 2.37. The van der Waals surface area contributed by atoms with Crippen molar-refractivity contribution in [2.24, 2.45) is 0 Å². The zero-order valence-electron chi connectivity index (χ0n) is 8.33. The molecule has 3 nitrogen and oxygen atoms in total. The zero-order chi connectivity index (χ0) is 10.4. The van der Waals surface area contributed by atoms with Crippen LogP contribution in [0.25, 0.3) is 0 Å². The topological polar surface area (TPSA) is 53.0 Å². The summed E-state index contributed by atoms with van der Waals surface area (Å²) in [5.74, 6) is 0. The Bertz CT molecular complexity index is 300. The van der Waals surface area contributed by atoms with E-state index < -0.39 is 11.1 Å². The number of aromatic nitrogens is 1. The minimum atomic E-state index is -2.21. The highest BCUT2D eigenvalue weighted by atomic mass is 32.2. The van der Waals surface area contributed by atoms with Gasteiger partial charge in [-0.05, 0) is 36.1 Å². The van der Waals surface area contributed by atoms with Crippen molar-refractivity contribution in [1.29, 1.82) is 0 Å². The molecule has 0 spiro atoms. The first-order valence-electron chi connectivity index (χ1n) is 4.14. The third kappa shape index (κ3) is 3.65. The van der Waals surface area contributed by atoms with E-state index in [1.165, 1.54) is 6.20 Å². The Morgan fingerprint density at radius 2 is 1.92 bits per heavy atom. The van der Waals surface area contributed by atoms with Gasteiger partial charge in [0.15, 0.2) is 0 Å². The van der Waals surface area contributed by atoms with Crippen molar-refractivity contribution in [2.75, 3.05) is 0 Å². The van der Waals surface area contributed by atoms with Crippen LogP contribution < -0.4 is 0 Å². The van der Waals surface area contributed by atoms with Crippen LogP contribution in [0.3, 0.4) is 0 Å². The smallest absolute Gasteiger partial charge is 0.116 e. The summed E-state index contributed by atoms with van der Waals surface area (Å²) < 4.78 is 20.9. The molecule has 0 amide bonds. The molecule has 0 N–H and O–H groups in total. The van der Waals surface area contributed by atoms with Crippen molar-refractivity contribution in [1.82, 2.24) is 4.98 Å². The van der Waals surface area contributed by atoms with Gasteiger partial charge in [-0.2, -0.15) is 0 Å². The molecule has 74 valence electrons. The molecule has 1 unspecified atom stereocenters. The number of aryl methyl sites for hydroxylation is 2. The van der Waals surface area contributed by atoms with Gasteiger partial charge in [-0.25, -0.2) is 4.98 Å². The maximum atomic E-state index is 10.5. The highest BCUT2D eigenvalue weighted by Crippen LogP contribution is 2.09. The van der Waals surface area contributed by atoms with Crippen LogP contribution in [0.15, 0.2) is 17.3 Å². The summed E-state index contributed by atoms with van der Waals surface area (Å²) in [6.45, 7) is 7.60. The molecule has 0 radical (unpaired) electrons. The van der Waals surface area contributed by atoms with Crippen molar-refractivity contribution in [3.8, 4) is 0 Å². The van der Waals surface area contributed by atoms with Gasteiger partial charge in [0.05, 0.1) is 0 Å². The predicted molar refractivity (Wildman–Crippen MR) is 52.2 cm³/mol. The summed E-state index contributed by atoms with van der Waals surface area (Å²) in [5, 5.41) is 0.135. The second kappa shape index (κ2) is 5.83. The van der Waals surface area contributed by atoms with Crippen LogP contribution in [0, 0.1) is 13.8 Å². The molecule has 0 aliphatic carbocycles. The van der Waals surface area contributed by atoms with Crippen molar-refractivity contribution in [3.05, 3.63) is 23.4 Å². The molecule has 0 aliphatic rings. The molecule has 0 saturated carbocycles. The Balaban J connectivity index is 0.000000671. The molecule has 0 fully saturated rings. The van der Waals surface area contributed by atoms with E-state index in [0.29, 0.717) is 5.56 Å². The fourth-order valence-corrected chi connectivity index (χ4v) is 1.34. The summed E-state index contributed by atoms with van der Waals surface area (Å²) in [4.78, 5) is 3.76. The summed E-state index contributed by atoms with van der Waals surface area (Å²) in [6.07, 6.45) is 1.54. The minimum absolute atomic E-state index is 0.135. The summed E-state index contributed by atoms with van der Waals surface area (Å²) in [7, 11) is 0. The van der Waals surface area contributed by atoms with E-state index in [1.54, 1.807) is 13.0 Å². The number of rotatable bonds is 1. The lowest BCUT2D eigenvalue weighted by Crippen LogP contribution is -1.96. The Kier molecular flexibility index (Phi) is 5.50. The number of hydrogen-bond donors (Lipinski definition) is 0. The first-order valence-corrected chi connectivity index (χ1v) is 5.21. The predicted octanol–water partition coefficient (Wildman–Crippen LogP) is 1.96. The molecule has 1 aromatic heterocycles. The third-order valence-electron chi connectivity index (χ3n) is 1.32. The molecule has 0 aliphatic heterocycles. The van der Waals surface area contributed by atoms with E-state index in [2.05, 4.69) is 4.98 Å². The van der Waals surface area contributed by atoms with Crippen LogP contribution in [-0.4, -0.2) is 13.7 Å². The summed E-state index contributed by atoms with van der Waals surface area (Å²) in [6, 6.07) is 1.79. The van der Waals surface area contributed by atoms with E-state index in [4.69, 9.17) is 0 Å². The standard InChI is InChI=1S/C7H9NO2S.C2H6/c1-5-3-6(2)7(8-4-5)11(9)10;1-2/h3-4H,1-2H3,(H,9,10);1-2H3/p-1. The molecule has 0 bridgehead atoms. The van der Waals surface area contributed by atoms with Crippen molar-refractivity contribution < 1.29 is 8.76 Å². The van der Waals surface area contributed by atoms with E-state index in [-0.39, 0.29) is 5.03 Å². The number of nitrogens with zero attached hydrogens (tertiary/aromatic N) is 1. The maximum absolute atomic E-state index is 10.5. The first kappa shape index (κ1) is 12.3. The van der Waals surface area contributed by atoms with E-state index in [9.17, 15) is 8.76 Å². The highest BCUT2D eigenvalue weighted by molar-refractivity contribution is 7.79. The molecule has 4 heteroatoms. The molecular weight excluding hydrogens is 186 g/mol. The molecule has 1 atom stereocenters. The molecule has 13 heavy (non-hydrogen) atoms. The van der Waals surface area contributed by atoms with E-state index >= 15 is 0 Å². The molecule has 1 heterocycles. The van der Waals surface area contributed by atoms with Crippen LogP contribution >= 0.6 is 0 Å². The third-order valence-corrected chi connectivity index (χ3v) is 2.07. The Morgan fingerprint density at radius 3 is 2.31 bits per heavy atom. The average Bonchev–Trinajstić information content (AvgIpc) is 2.07. The van der Waals surface area contributed by atoms with Crippen LogP contribution in [0.4, 0.5) is 0 Å². The lowest BCUT2D eigenvalue weighted by Gasteiger charge is -2.07. The van der Waals surface area contributed by atoms with Crippen LogP contribution in [-0.2, 0) is 11.1 Å². The minimum Gasteiger partial charge on any atom is -0.767 e. The van der Waals surface area contributed by atoms with Crippen LogP contribution in [0.2, 0.25) is 0 Å². The van der Waals surface area contributed by atoms with Gasteiger partial charge in [-0.1, -0.05) is 19.9 Å². The Morgan fingerprint density at radius 1 is 1.38 bits per heavy atom. The SMILES string of the molecule is CC.Cc1cnc(S(=O)[O-])c(C)c1. The maximum Gasteiger partial charge on any atom is 0.116 e.